The maximum atomic E-state index is 10.3. The summed E-state index contributed by atoms with van der Waals surface area (Å²) < 4.78 is 0. The number of aliphatic hydroxyl groups is 1. The lowest BCUT2D eigenvalue weighted by atomic mass is 10.4. The monoisotopic (exact) mass is 198 g/mol. The van der Waals surface area contributed by atoms with Crippen molar-refractivity contribution < 1.29 is 15.0 Å². The zero-order valence-electron chi connectivity index (χ0n) is 6.93. The normalized spacial score (nSPS) is 12.3. The van der Waals surface area contributed by atoms with Gasteiger partial charge in [0.2, 0.25) is 0 Å². The van der Waals surface area contributed by atoms with Gasteiger partial charge in [0.1, 0.15) is 5.76 Å². The molecule has 0 heterocycles. The van der Waals surface area contributed by atoms with E-state index in [-0.39, 0.29) is 10.7 Å². The highest BCUT2D eigenvalue weighted by atomic mass is 32.2. The Morgan fingerprint density at radius 1 is 1.15 bits per heavy atom. The highest BCUT2D eigenvalue weighted by Gasteiger charge is 2.07. The van der Waals surface area contributed by atoms with Gasteiger partial charge in [-0.15, -0.1) is 0 Å². The highest BCUT2D eigenvalue weighted by molar-refractivity contribution is 8.16. The standard InChI is InChI=1S/C9H10O3S/c1-3-5-7(10)8(6-4-2)13-9(11)12/h3-6,10H,1-2H2,(H,11,12)/b7-5+,8-6+. The van der Waals surface area contributed by atoms with E-state index in [0.717, 1.165) is 0 Å². The average Bonchev–Trinajstić information content (AvgIpc) is 2.03. The third kappa shape index (κ3) is 4.92. The lowest BCUT2D eigenvalue weighted by Crippen LogP contribution is -1.89. The van der Waals surface area contributed by atoms with Gasteiger partial charge >= 0.3 is 5.30 Å². The summed E-state index contributed by atoms with van der Waals surface area (Å²) >= 11 is 0.513. The maximum Gasteiger partial charge on any atom is 0.369 e. The van der Waals surface area contributed by atoms with E-state index < -0.39 is 5.30 Å². The van der Waals surface area contributed by atoms with Gasteiger partial charge in [0.25, 0.3) is 0 Å². The summed E-state index contributed by atoms with van der Waals surface area (Å²) in [6, 6.07) is 0. The van der Waals surface area contributed by atoms with Gasteiger partial charge in [0.15, 0.2) is 0 Å². The molecule has 0 aromatic carbocycles. The first-order valence-corrected chi connectivity index (χ1v) is 4.19. The molecule has 0 fully saturated rings. The minimum Gasteiger partial charge on any atom is -0.507 e. The van der Waals surface area contributed by atoms with Gasteiger partial charge < -0.3 is 10.2 Å². The Morgan fingerprint density at radius 3 is 2.08 bits per heavy atom. The molecule has 0 aliphatic heterocycles. The number of hydrogen-bond donors (Lipinski definition) is 2. The Morgan fingerprint density at radius 2 is 1.69 bits per heavy atom. The summed E-state index contributed by atoms with van der Waals surface area (Å²) in [5.74, 6) is -0.137. The van der Waals surface area contributed by atoms with Gasteiger partial charge in [-0.25, -0.2) is 4.79 Å². The molecule has 0 atom stereocenters. The minimum atomic E-state index is -1.09. The van der Waals surface area contributed by atoms with Crippen molar-refractivity contribution in [2.45, 2.75) is 0 Å². The largest absolute Gasteiger partial charge is 0.507 e. The molecule has 0 spiro atoms. The second kappa shape index (κ2) is 6.14. The van der Waals surface area contributed by atoms with Crippen LogP contribution in [0.1, 0.15) is 0 Å². The minimum absolute atomic E-state index is 0.137. The number of thioether (sulfide) groups is 1. The summed E-state index contributed by atoms with van der Waals surface area (Å²) in [4.78, 5) is 10.5. The molecule has 2 N–H and O–H groups in total. The number of rotatable bonds is 4. The predicted octanol–water partition coefficient (Wildman–Crippen LogP) is 3.10. The molecule has 0 aliphatic carbocycles. The van der Waals surface area contributed by atoms with Crippen LogP contribution < -0.4 is 0 Å². The Bertz CT molecular complexity index is 277. The lowest BCUT2D eigenvalue weighted by Gasteiger charge is -2.00. The number of aliphatic hydroxyl groups excluding tert-OH is 1. The van der Waals surface area contributed by atoms with Crippen molar-refractivity contribution in [2.75, 3.05) is 0 Å². The van der Waals surface area contributed by atoms with E-state index in [1.54, 1.807) is 0 Å². The van der Waals surface area contributed by atoms with Crippen LogP contribution in [-0.2, 0) is 0 Å². The lowest BCUT2D eigenvalue weighted by molar-refractivity contribution is 0.222. The van der Waals surface area contributed by atoms with Gasteiger partial charge in [-0.3, -0.25) is 0 Å². The molecule has 70 valence electrons. The smallest absolute Gasteiger partial charge is 0.369 e. The zero-order chi connectivity index (χ0) is 10.3. The van der Waals surface area contributed by atoms with E-state index in [1.165, 1.54) is 24.3 Å². The van der Waals surface area contributed by atoms with E-state index >= 15 is 0 Å². The van der Waals surface area contributed by atoms with E-state index in [2.05, 4.69) is 13.2 Å². The molecule has 3 nitrogen and oxygen atoms in total. The Balaban J connectivity index is 4.70. The average molecular weight is 198 g/mol. The fourth-order valence-electron chi connectivity index (χ4n) is 0.567. The molecule has 0 bridgehead atoms. The molecule has 0 aromatic rings. The fourth-order valence-corrected chi connectivity index (χ4v) is 1.09. The first-order chi connectivity index (χ1) is 6.11. The zero-order valence-corrected chi connectivity index (χ0v) is 7.75. The van der Waals surface area contributed by atoms with Crippen LogP contribution in [0.4, 0.5) is 4.79 Å². The number of carboxylic acid groups (broad SMARTS) is 1. The third-order valence-electron chi connectivity index (χ3n) is 0.995. The summed E-state index contributed by atoms with van der Waals surface area (Å²) in [6.45, 7) is 6.78. The molecule has 0 unspecified atom stereocenters. The SMILES string of the molecule is C=C/C=C(O)\C(=C/C=C)SC(=O)O. The Hall–Kier alpha value is -1.42. The van der Waals surface area contributed by atoms with Gasteiger partial charge in [-0.05, 0) is 23.9 Å². The fraction of sp³-hybridized carbons (Fsp3) is 0. The molecule has 13 heavy (non-hydrogen) atoms. The van der Waals surface area contributed by atoms with Crippen molar-refractivity contribution in [2.24, 2.45) is 0 Å². The van der Waals surface area contributed by atoms with Crippen molar-refractivity contribution in [1.82, 2.24) is 0 Å². The number of hydrogen-bond acceptors (Lipinski definition) is 3. The van der Waals surface area contributed by atoms with Gasteiger partial charge in [-0.2, -0.15) is 0 Å². The molecule has 0 saturated carbocycles. The van der Waals surface area contributed by atoms with Crippen molar-refractivity contribution in [3.05, 3.63) is 48.1 Å². The van der Waals surface area contributed by atoms with Crippen LogP contribution in [0.3, 0.4) is 0 Å². The van der Waals surface area contributed by atoms with Crippen LogP contribution >= 0.6 is 11.8 Å². The molecule has 0 aliphatic rings. The van der Waals surface area contributed by atoms with Crippen LogP contribution in [0, 0.1) is 0 Å². The van der Waals surface area contributed by atoms with Gasteiger partial charge in [0, 0.05) is 0 Å². The summed E-state index contributed by atoms with van der Waals surface area (Å²) in [6.07, 6.45) is 5.49. The van der Waals surface area contributed by atoms with Crippen molar-refractivity contribution in [3.63, 3.8) is 0 Å². The Labute approximate surface area is 80.8 Å². The van der Waals surface area contributed by atoms with E-state index in [9.17, 15) is 9.90 Å². The van der Waals surface area contributed by atoms with Crippen LogP contribution in [0.15, 0.2) is 48.1 Å². The van der Waals surface area contributed by atoms with Crippen LogP contribution in [0.25, 0.3) is 0 Å². The molecule has 0 rings (SSSR count). The number of carbonyl (C=O) groups is 1. The topological polar surface area (TPSA) is 57.5 Å². The summed E-state index contributed by atoms with van der Waals surface area (Å²) in [5.41, 5.74) is 0. The van der Waals surface area contributed by atoms with Crippen LogP contribution in [0.5, 0.6) is 0 Å². The Kier molecular flexibility index (Phi) is 5.47. The van der Waals surface area contributed by atoms with Gasteiger partial charge in [-0.1, -0.05) is 25.3 Å². The molecule has 0 aromatic heterocycles. The number of allylic oxidation sites excluding steroid dienone is 4. The van der Waals surface area contributed by atoms with E-state index in [0.29, 0.717) is 11.8 Å². The maximum absolute atomic E-state index is 10.3. The molecular formula is C9H10O3S. The molecule has 0 saturated heterocycles. The second-order valence-corrected chi connectivity index (χ2v) is 2.92. The van der Waals surface area contributed by atoms with Crippen molar-refractivity contribution in [1.29, 1.82) is 0 Å². The predicted molar refractivity (Wildman–Crippen MR) is 54.8 cm³/mol. The summed E-state index contributed by atoms with van der Waals surface area (Å²) in [7, 11) is 0. The molecule has 0 amide bonds. The third-order valence-corrected chi connectivity index (χ3v) is 1.73. The second-order valence-electron chi connectivity index (χ2n) is 1.92. The van der Waals surface area contributed by atoms with Crippen LogP contribution in [-0.4, -0.2) is 15.5 Å². The highest BCUT2D eigenvalue weighted by Crippen LogP contribution is 2.22. The van der Waals surface area contributed by atoms with Crippen molar-refractivity contribution >= 4 is 17.1 Å². The van der Waals surface area contributed by atoms with Crippen LogP contribution in [0.2, 0.25) is 0 Å². The van der Waals surface area contributed by atoms with Crippen molar-refractivity contribution in [3.8, 4) is 0 Å². The quantitative estimate of drug-likeness (QED) is 0.538. The molecule has 0 radical (unpaired) electrons. The first-order valence-electron chi connectivity index (χ1n) is 3.37. The van der Waals surface area contributed by atoms with E-state index in [1.807, 2.05) is 0 Å². The first kappa shape index (κ1) is 11.6. The molecule has 4 heteroatoms. The van der Waals surface area contributed by atoms with E-state index in [4.69, 9.17) is 5.11 Å². The summed E-state index contributed by atoms with van der Waals surface area (Å²) in [5, 5.41) is 16.6. The molecular weight excluding hydrogens is 188 g/mol. The van der Waals surface area contributed by atoms with Gasteiger partial charge in [0.05, 0.1) is 4.91 Å².